The van der Waals surface area contributed by atoms with Crippen molar-refractivity contribution in [2.75, 3.05) is 25.6 Å². The molecule has 0 aromatic heterocycles. The summed E-state index contributed by atoms with van der Waals surface area (Å²) in [4.78, 5) is 11.9. The van der Waals surface area contributed by atoms with E-state index < -0.39 is 0 Å². The van der Waals surface area contributed by atoms with E-state index in [2.05, 4.69) is 16.7 Å². The molecule has 0 aliphatic carbocycles. The topological polar surface area (TPSA) is 50.4 Å². The number of ether oxygens (including phenoxy) is 1. The highest BCUT2D eigenvalue weighted by atomic mass is 16.5. The number of rotatable bonds is 5. The zero-order valence-corrected chi connectivity index (χ0v) is 11.4. The number of benzene rings is 1. The molecule has 4 heteroatoms. The fourth-order valence-electron chi connectivity index (χ4n) is 2.36. The van der Waals surface area contributed by atoms with Crippen LogP contribution in [0, 0.1) is 0 Å². The highest BCUT2D eigenvalue weighted by Gasteiger charge is 2.20. The Bertz CT molecular complexity index is 420. The molecule has 1 amide bonds. The second-order valence-electron chi connectivity index (χ2n) is 4.88. The summed E-state index contributed by atoms with van der Waals surface area (Å²) >= 11 is 0. The average Bonchev–Trinajstić information content (AvgIpc) is 2.63. The van der Waals surface area contributed by atoms with Gasteiger partial charge >= 0.3 is 0 Å². The molecular weight excluding hydrogens is 240 g/mol. The Morgan fingerprint density at radius 2 is 2.21 bits per heavy atom. The maximum atomic E-state index is 11.9. The number of amides is 1. The number of hydrogen-bond donors (Lipinski definition) is 2. The molecule has 1 aliphatic rings. The van der Waals surface area contributed by atoms with Gasteiger partial charge in [0, 0.05) is 19.3 Å². The summed E-state index contributed by atoms with van der Waals surface area (Å²) in [5.41, 5.74) is 2.24. The lowest BCUT2D eigenvalue weighted by Gasteiger charge is -2.19. The van der Waals surface area contributed by atoms with Gasteiger partial charge in [0.1, 0.15) is 6.04 Å². The van der Waals surface area contributed by atoms with E-state index in [1.165, 1.54) is 5.56 Å². The van der Waals surface area contributed by atoms with Crippen LogP contribution in [0.15, 0.2) is 24.3 Å². The van der Waals surface area contributed by atoms with Gasteiger partial charge in [-0.05, 0) is 37.3 Å². The van der Waals surface area contributed by atoms with E-state index in [1.807, 2.05) is 18.2 Å². The van der Waals surface area contributed by atoms with Gasteiger partial charge in [-0.2, -0.15) is 0 Å². The molecule has 104 valence electrons. The maximum absolute atomic E-state index is 11.9. The van der Waals surface area contributed by atoms with Gasteiger partial charge in [-0.3, -0.25) is 4.79 Å². The summed E-state index contributed by atoms with van der Waals surface area (Å²) in [6.45, 7) is 1.48. The number of hydrogen-bond acceptors (Lipinski definition) is 3. The van der Waals surface area contributed by atoms with Crippen LogP contribution in [-0.2, 0) is 16.0 Å². The fraction of sp³-hybridized carbons (Fsp3) is 0.533. The molecule has 1 aromatic carbocycles. The van der Waals surface area contributed by atoms with E-state index >= 15 is 0 Å². The van der Waals surface area contributed by atoms with Crippen LogP contribution < -0.4 is 10.6 Å². The first kappa shape index (κ1) is 13.9. The van der Waals surface area contributed by atoms with Crippen molar-refractivity contribution in [3.05, 3.63) is 29.8 Å². The Kier molecular flexibility index (Phi) is 5.21. The Labute approximate surface area is 114 Å². The molecule has 0 saturated carbocycles. The summed E-state index contributed by atoms with van der Waals surface area (Å²) in [6, 6.07) is 8.00. The molecular formula is C15H22N2O2. The first-order chi connectivity index (χ1) is 9.31. The molecule has 4 nitrogen and oxygen atoms in total. The van der Waals surface area contributed by atoms with Crippen LogP contribution in [0.3, 0.4) is 0 Å². The molecule has 2 rings (SSSR count). The number of para-hydroxylation sites is 1. The van der Waals surface area contributed by atoms with E-state index in [4.69, 9.17) is 4.74 Å². The van der Waals surface area contributed by atoms with Crippen LogP contribution in [-0.4, -0.2) is 32.2 Å². The van der Waals surface area contributed by atoms with Gasteiger partial charge in [-0.1, -0.05) is 18.2 Å². The standard InChI is InChI=1S/C15H22N2O2/c1-19-11-9-12-6-2-3-7-13(12)17-14-8-4-5-10-16-15(14)18/h2-3,6-7,14,17H,4-5,8-11H2,1H3,(H,16,18). The monoisotopic (exact) mass is 262 g/mol. The van der Waals surface area contributed by atoms with Gasteiger partial charge in [0.25, 0.3) is 0 Å². The van der Waals surface area contributed by atoms with Gasteiger partial charge in [-0.25, -0.2) is 0 Å². The van der Waals surface area contributed by atoms with Crippen molar-refractivity contribution in [2.45, 2.75) is 31.7 Å². The largest absolute Gasteiger partial charge is 0.384 e. The van der Waals surface area contributed by atoms with Crippen molar-refractivity contribution in [3.63, 3.8) is 0 Å². The highest BCUT2D eigenvalue weighted by Crippen LogP contribution is 2.19. The van der Waals surface area contributed by atoms with Crippen LogP contribution in [0.25, 0.3) is 0 Å². The van der Waals surface area contributed by atoms with E-state index in [0.29, 0.717) is 6.61 Å². The van der Waals surface area contributed by atoms with Gasteiger partial charge in [-0.15, -0.1) is 0 Å². The second-order valence-corrected chi connectivity index (χ2v) is 4.88. The van der Waals surface area contributed by atoms with E-state index in [0.717, 1.165) is 37.9 Å². The lowest BCUT2D eigenvalue weighted by atomic mass is 10.1. The molecule has 0 spiro atoms. The van der Waals surface area contributed by atoms with Gasteiger partial charge in [0.2, 0.25) is 5.91 Å². The van der Waals surface area contributed by atoms with Crippen LogP contribution >= 0.6 is 0 Å². The molecule has 1 unspecified atom stereocenters. The Balaban J connectivity index is 2.06. The molecule has 1 atom stereocenters. The summed E-state index contributed by atoms with van der Waals surface area (Å²) < 4.78 is 5.12. The third kappa shape index (κ3) is 3.96. The number of carbonyl (C=O) groups excluding carboxylic acids is 1. The molecule has 0 bridgehead atoms. The quantitative estimate of drug-likeness (QED) is 0.853. The van der Waals surface area contributed by atoms with Crippen molar-refractivity contribution < 1.29 is 9.53 Å². The zero-order chi connectivity index (χ0) is 13.5. The Morgan fingerprint density at radius 1 is 1.37 bits per heavy atom. The third-order valence-electron chi connectivity index (χ3n) is 3.46. The van der Waals surface area contributed by atoms with Crippen LogP contribution in [0.1, 0.15) is 24.8 Å². The first-order valence-corrected chi connectivity index (χ1v) is 6.92. The number of methoxy groups -OCH3 is 1. The highest BCUT2D eigenvalue weighted by molar-refractivity contribution is 5.85. The SMILES string of the molecule is COCCc1ccccc1NC1CCCCNC1=O. The third-order valence-corrected chi connectivity index (χ3v) is 3.46. The van der Waals surface area contributed by atoms with Crippen molar-refractivity contribution >= 4 is 11.6 Å². The fourth-order valence-corrected chi connectivity index (χ4v) is 2.36. The van der Waals surface area contributed by atoms with Crippen molar-refractivity contribution in [1.29, 1.82) is 0 Å². The molecule has 1 heterocycles. The van der Waals surface area contributed by atoms with Gasteiger partial charge in [0.05, 0.1) is 6.61 Å². The number of nitrogens with one attached hydrogen (secondary N) is 2. The second kappa shape index (κ2) is 7.14. The van der Waals surface area contributed by atoms with E-state index in [-0.39, 0.29) is 11.9 Å². The first-order valence-electron chi connectivity index (χ1n) is 6.92. The number of carbonyl (C=O) groups is 1. The van der Waals surface area contributed by atoms with Crippen molar-refractivity contribution in [1.82, 2.24) is 5.32 Å². The summed E-state index contributed by atoms with van der Waals surface area (Å²) in [5.74, 6) is 0.110. The molecule has 19 heavy (non-hydrogen) atoms. The van der Waals surface area contributed by atoms with Crippen molar-refractivity contribution in [3.8, 4) is 0 Å². The predicted molar refractivity (Wildman–Crippen MR) is 76.3 cm³/mol. The summed E-state index contributed by atoms with van der Waals surface area (Å²) in [5, 5.41) is 6.33. The van der Waals surface area contributed by atoms with Crippen LogP contribution in [0.4, 0.5) is 5.69 Å². The minimum Gasteiger partial charge on any atom is -0.384 e. The molecule has 0 radical (unpaired) electrons. The summed E-state index contributed by atoms with van der Waals surface area (Å²) in [6.07, 6.45) is 3.89. The lowest BCUT2D eigenvalue weighted by Crippen LogP contribution is -2.38. The molecule has 1 aromatic rings. The van der Waals surface area contributed by atoms with Gasteiger partial charge in [0.15, 0.2) is 0 Å². The minimum atomic E-state index is -0.119. The van der Waals surface area contributed by atoms with Crippen LogP contribution in [0.2, 0.25) is 0 Å². The Hall–Kier alpha value is -1.55. The van der Waals surface area contributed by atoms with E-state index in [9.17, 15) is 4.79 Å². The molecule has 1 aliphatic heterocycles. The molecule has 2 N–H and O–H groups in total. The lowest BCUT2D eigenvalue weighted by molar-refractivity contribution is -0.121. The smallest absolute Gasteiger partial charge is 0.242 e. The Morgan fingerprint density at radius 3 is 3.05 bits per heavy atom. The normalized spacial score (nSPS) is 19.6. The zero-order valence-electron chi connectivity index (χ0n) is 11.4. The summed E-state index contributed by atoms with van der Waals surface area (Å²) in [7, 11) is 1.70. The number of anilines is 1. The molecule has 1 fully saturated rings. The predicted octanol–water partition coefficient (Wildman–Crippen LogP) is 1.96. The minimum absolute atomic E-state index is 0.110. The average molecular weight is 262 g/mol. The van der Waals surface area contributed by atoms with Crippen molar-refractivity contribution in [2.24, 2.45) is 0 Å². The van der Waals surface area contributed by atoms with Crippen LogP contribution in [0.5, 0.6) is 0 Å². The van der Waals surface area contributed by atoms with E-state index in [1.54, 1.807) is 7.11 Å². The maximum Gasteiger partial charge on any atom is 0.242 e. The molecule has 1 saturated heterocycles. The van der Waals surface area contributed by atoms with Gasteiger partial charge < -0.3 is 15.4 Å².